The van der Waals surface area contributed by atoms with Gasteiger partial charge >= 0.3 is 0 Å². The lowest BCUT2D eigenvalue weighted by Gasteiger charge is -2.13. The lowest BCUT2D eigenvalue weighted by atomic mass is 10.2. The summed E-state index contributed by atoms with van der Waals surface area (Å²) in [6, 6.07) is 7.08. The molecule has 0 aliphatic rings. The highest BCUT2D eigenvalue weighted by Gasteiger charge is 2.15. The van der Waals surface area contributed by atoms with Crippen LogP contribution in [0.25, 0.3) is 0 Å². The van der Waals surface area contributed by atoms with Crippen molar-refractivity contribution in [2.75, 3.05) is 25.5 Å². The number of likely N-dealkylation sites (N-methyl/N-ethyl adjacent to an activating group) is 1. The summed E-state index contributed by atoms with van der Waals surface area (Å²) < 4.78 is 5.76. The van der Waals surface area contributed by atoms with Crippen molar-refractivity contribution in [1.29, 1.82) is 0 Å². The predicted molar refractivity (Wildman–Crippen MR) is 116 cm³/mol. The first-order chi connectivity index (χ1) is 14.3. The molecular weight excluding hydrogens is 384 g/mol. The minimum atomic E-state index is -0.637. The second-order valence-electron chi connectivity index (χ2n) is 6.83. The van der Waals surface area contributed by atoms with Gasteiger partial charge in [-0.2, -0.15) is 0 Å². The van der Waals surface area contributed by atoms with E-state index in [-0.39, 0.29) is 17.6 Å². The lowest BCUT2D eigenvalue weighted by molar-refractivity contribution is -0.122. The van der Waals surface area contributed by atoms with Crippen LogP contribution in [0.3, 0.4) is 0 Å². The first-order valence-electron chi connectivity index (χ1n) is 9.97. The van der Waals surface area contributed by atoms with Crippen molar-refractivity contribution in [3.63, 3.8) is 0 Å². The molecule has 1 aromatic heterocycles. The van der Waals surface area contributed by atoms with E-state index in [4.69, 9.17) is 10.5 Å². The minimum Gasteiger partial charge on any atom is -0.493 e. The van der Waals surface area contributed by atoms with Gasteiger partial charge in [0.05, 0.1) is 24.0 Å². The Bertz CT molecular complexity index is 887. The quantitative estimate of drug-likeness (QED) is 0.411. The number of carbonyl (C=O) groups is 2. The smallest absolute Gasteiger partial charge is 0.271 e. The van der Waals surface area contributed by atoms with Crippen molar-refractivity contribution < 1.29 is 14.3 Å². The van der Waals surface area contributed by atoms with E-state index in [9.17, 15) is 9.59 Å². The number of aryl methyl sites for hydroxylation is 2. The molecule has 9 nitrogen and oxygen atoms in total. The van der Waals surface area contributed by atoms with Crippen molar-refractivity contribution in [3.05, 3.63) is 41.3 Å². The average Bonchev–Trinajstić information content (AvgIpc) is 2.73. The predicted octanol–water partition coefficient (Wildman–Crippen LogP) is 1.68. The molecule has 0 bridgehead atoms. The zero-order valence-corrected chi connectivity index (χ0v) is 17.9. The van der Waals surface area contributed by atoms with Crippen molar-refractivity contribution in [1.82, 2.24) is 20.6 Å². The summed E-state index contributed by atoms with van der Waals surface area (Å²) in [5.74, 6) is 0.294. The van der Waals surface area contributed by atoms with Crippen molar-refractivity contribution in [2.45, 2.75) is 39.7 Å². The number of aromatic nitrogens is 2. The van der Waals surface area contributed by atoms with Gasteiger partial charge in [0.2, 0.25) is 5.91 Å². The second-order valence-corrected chi connectivity index (χ2v) is 6.83. The highest BCUT2D eigenvalue weighted by molar-refractivity contribution is 5.96. The number of primary amides is 1. The Hall–Kier alpha value is -3.20. The first-order valence-corrected chi connectivity index (χ1v) is 9.97. The van der Waals surface area contributed by atoms with Gasteiger partial charge in [0.15, 0.2) is 11.5 Å². The van der Waals surface area contributed by atoms with E-state index in [0.29, 0.717) is 43.2 Å². The van der Waals surface area contributed by atoms with E-state index >= 15 is 0 Å². The third-order valence-corrected chi connectivity index (χ3v) is 4.55. The van der Waals surface area contributed by atoms with Gasteiger partial charge in [-0.3, -0.25) is 9.59 Å². The number of nitrogens with zero attached hydrogens (tertiary/aromatic N) is 2. The van der Waals surface area contributed by atoms with Crippen LogP contribution >= 0.6 is 0 Å². The fourth-order valence-corrected chi connectivity index (χ4v) is 2.71. The van der Waals surface area contributed by atoms with Crippen molar-refractivity contribution in [3.8, 4) is 5.75 Å². The highest BCUT2D eigenvalue weighted by atomic mass is 16.5. The number of ether oxygens (including phenoxy) is 1. The van der Waals surface area contributed by atoms with Crippen LogP contribution in [0.5, 0.6) is 5.75 Å². The summed E-state index contributed by atoms with van der Waals surface area (Å²) in [5, 5.41) is 8.84. The summed E-state index contributed by atoms with van der Waals surface area (Å²) >= 11 is 0. The number of nitrogens with one attached hydrogen (secondary N) is 3. The third kappa shape index (κ3) is 6.41. The number of hydrogen-bond acceptors (Lipinski definition) is 7. The van der Waals surface area contributed by atoms with Crippen LogP contribution in [0, 0.1) is 6.92 Å². The maximum absolute atomic E-state index is 11.8. The van der Waals surface area contributed by atoms with Gasteiger partial charge < -0.3 is 26.4 Å². The molecule has 162 valence electrons. The Morgan fingerprint density at radius 3 is 2.70 bits per heavy atom. The molecular formula is C21H30N6O3. The molecule has 0 aliphatic carbocycles. The highest BCUT2D eigenvalue weighted by Crippen LogP contribution is 2.23. The van der Waals surface area contributed by atoms with Crippen molar-refractivity contribution >= 4 is 23.3 Å². The zero-order valence-electron chi connectivity index (χ0n) is 17.9. The van der Waals surface area contributed by atoms with Gasteiger partial charge in [0.25, 0.3) is 5.91 Å². The van der Waals surface area contributed by atoms with Gasteiger partial charge in [-0.25, -0.2) is 9.97 Å². The summed E-state index contributed by atoms with van der Waals surface area (Å²) in [4.78, 5) is 32.3. The standard InChI is InChI=1S/C21H30N6O3/c1-5-17-13(2)25-20(18(27-17)19(22)28)26-15-8-6-9-16(12-15)30-11-7-10-24-21(29)14(3)23-4/h6,8-9,12,14,23H,5,7,10-11H2,1-4H3,(H2,22,28)(H,24,29)(H,25,26)/t14-/m0/s1. The van der Waals surface area contributed by atoms with Crippen LogP contribution in [0.15, 0.2) is 24.3 Å². The SMILES string of the molecule is CCc1nc(C(N)=O)c(Nc2cccc(OCCCNC(=O)[C@H](C)NC)c2)nc1C. The summed E-state index contributed by atoms with van der Waals surface area (Å²) in [6.07, 6.45) is 1.34. The second kappa shape index (κ2) is 11.1. The normalized spacial score (nSPS) is 11.6. The summed E-state index contributed by atoms with van der Waals surface area (Å²) in [7, 11) is 1.74. The molecule has 5 N–H and O–H groups in total. The molecule has 30 heavy (non-hydrogen) atoms. The molecule has 2 aromatic rings. The number of amides is 2. The molecule has 0 radical (unpaired) electrons. The molecule has 1 heterocycles. The lowest BCUT2D eigenvalue weighted by Crippen LogP contribution is -2.40. The first kappa shape index (κ1) is 23.1. The van der Waals surface area contributed by atoms with Crippen LogP contribution in [0.4, 0.5) is 11.5 Å². The molecule has 0 aliphatic heterocycles. The molecule has 2 rings (SSSR count). The van der Waals surface area contributed by atoms with Gasteiger partial charge in [-0.15, -0.1) is 0 Å². The Morgan fingerprint density at radius 2 is 2.03 bits per heavy atom. The summed E-state index contributed by atoms with van der Waals surface area (Å²) in [5.41, 5.74) is 7.76. The molecule has 2 amide bonds. The number of nitrogens with two attached hydrogens (primary N) is 1. The summed E-state index contributed by atoms with van der Waals surface area (Å²) in [6.45, 7) is 6.58. The largest absolute Gasteiger partial charge is 0.493 e. The van der Waals surface area contributed by atoms with Crippen LogP contribution in [0.2, 0.25) is 0 Å². The molecule has 0 fully saturated rings. The molecule has 0 unspecified atom stereocenters. The average molecular weight is 415 g/mol. The molecule has 9 heteroatoms. The van der Waals surface area contributed by atoms with Crippen molar-refractivity contribution in [2.24, 2.45) is 5.73 Å². The van der Waals surface area contributed by atoms with E-state index in [2.05, 4.69) is 25.9 Å². The number of benzene rings is 1. The fourth-order valence-electron chi connectivity index (χ4n) is 2.71. The van der Waals surface area contributed by atoms with Crippen LogP contribution < -0.4 is 26.4 Å². The Kier molecular flexibility index (Phi) is 8.54. The van der Waals surface area contributed by atoms with Crippen LogP contribution in [-0.4, -0.2) is 48.0 Å². The Morgan fingerprint density at radius 1 is 1.27 bits per heavy atom. The van der Waals surface area contributed by atoms with Crippen LogP contribution in [0.1, 0.15) is 42.1 Å². The minimum absolute atomic E-state index is 0.0422. The monoisotopic (exact) mass is 414 g/mol. The van der Waals surface area contributed by atoms with Gasteiger partial charge in [-0.1, -0.05) is 13.0 Å². The molecule has 1 aromatic carbocycles. The number of rotatable bonds is 11. The number of hydrogen-bond donors (Lipinski definition) is 4. The maximum atomic E-state index is 11.8. The third-order valence-electron chi connectivity index (χ3n) is 4.55. The topological polar surface area (TPSA) is 131 Å². The Labute approximate surface area is 176 Å². The van der Waals surface area contributed by atoms with E-state index < -0.39 is 5.91 Å². The molecule has 1 atom stereocenters. The van der Waals surface area contributed by atoms with E-state index in [0.717, 1.165) is 11.4 Å². The van der Waals surface area contributed by atoms with Crippen LogP contribution in [-0.2, 0) is 11.2 Å². The van der Waals surface area contributed by atoms with Gasteiger partial charge in [-0.05, 0) is 45.9 Å². The zero-order chi connectivity index (χ0) is 22.1. The maximum Gasteiger partial charge on any atom is 0.271 e. The number of carbonyl (C=O) groups excluding carboxylic acids is 2. The fraction of sp³-hybridized carbons (Fsp3) is 0.429. The molecule has 0 saturated carbocycles. The Balaban J connectivity index is 1.97. The molecule has 0 spiro atoms. The number of anilines is 2. The van der Waals surface area contributed by atoms with Gasteiger partial charge in [0.1, 0.15) is 5.75 Å². The van der Waals surface area contributed by atoms with E-state index in [1.165, 1.54) is 0 Å². The van der Waals surface area contributed by atoms with E-state index in [1.807, 2.05) is 32.0 Å². The molecule has 0 saturated heterocycles. The van der Waals surface area contributed by atoms with E-state index in [1.54, 1.807) is 20.0 Å². The van der Waals surface area contributed by atoms with Gasteiger partial charge in [0, 0.05) is 18.3 Å².